The molecule has 2 N–H and O–H groups in total. The topological polar surface area (TPSA) is 58.6 Å². The molecule has 1 aromatic carbocycles. The molecule has 1 amide bonds. The molecule has 0 aliphatic carbocycles. The minimum absolute atomic E-state index is 0.0468. The second kappa shape index (κ2) is 6.57. The maximum atomic E-state index is 11.9. The summed E-state index contributed by atoms with van der Waals surface area (Å²) in [6, 6.07) is 4.66. The molecule has 1 atom stereocenters. The van der Waals surface area contributed by atoms with E-state index in [-0.39, 0.29) is 6.04 Å². The van der Waals surface area contributed by atoms with Gasteiger partial charge >= 0.3 is 0 Å². The van der Waals surface area contributed by atoms with Crippen LogP contribution in [0.25, 0.3) is 0 Å². The molecule has 0 saturated carbocycles. The highest BCUT2D eigenvalue weighted by atomic mass is 35.5. The molecule has 1 aromatic rings. The van der Waals surface area contributed by atoms with E-state index in [1.807, 2.05) is 0 Å². The minimum atomic E-state index is -1.26. The Hall–Kier alpha value is -0.810. The monoisotopic (exact) mass is 303 g/mol. The number of carbonyl (C=O) groups excluding carboxylic acids is 1. The van der Waals surface area contributed by atoms with Crippen LogP contribution in [0.5, 0.6) is 0 Å². The average molecular weight is 304 g/mol. The molecular formula is C13H15Cl2NO3. The molecular weight excluding hydrogens is 289 g/mol. The Kier molecular flexibility index (Phi) is 5.05. The number of hydrogen-bond donors (Lipinski definition) is 2. The molecule has 1 aliphatic heterocycles. The van der Waals surface area contributed by atoms with Crippen molar-refractivity contribution in [3.63, 3.8) is 0 Å². The van der Waals surface area contributed by atoms with Gasteiger partial charge in [-0.25, -0.2) is 0 Å². The predicted octanol–water partition coefficient (Wildman–Crippen LogP) is 2.32. The van der Waals surface area contributed by atoms with Crippen LogP contribution in [-0.2, 0) is 9.53 Å². The van der Waals surface area contributed by atoms with E-state index in [2.05, 4.69) is 5.32 Å². The van der Waals surface area contributed by atoms with Crippen molar-refractivity contribution in [1.82, 2.24) is 5.32 Å². The van der Waals surface area contributed by atoms with E-state index in [4.69, 9.17) is 27.9 Å². The van der Waals surface area contributed by atoms with E-state index >= 15 is 0 Å². The fourth-order valence-corrected chi connectivity index (χ4v) is 2.55. The van der Waals surface area contributed by atoms with Crippen LogP contribution >= 0.6 is 23.2 Å². The molecule has 0 bridgehead atoms. The van der Waals surface area contributed by atoms with Crippen molar-refractivity contribution in [1.29, 1.82) is 0 Å². The highest BCUT2D eigenvalue weighted by Gasteiger charge is 2.22. The third-order valence-corrected chi connectivity index (χ3v) is 3.45. The SMILES string of the molecule is O=C(NC1CCOCC1)C(O)c1cc(Cl)cc(Cl)c1. The highest BCUT2D eigenvalue weighted by Crippen LogP contribution is 2.24. The second-order valence-electron chi connectivity index (χ2n) is 4.50. The van der Waals surface area contributed by atoms with E-state index in [9.17, 15) is 9.90 Å². The number of aliphatic hydroxyl groups is 1. The fraction of sp³-hybridized carbons (Fsp3) is 0.462. The number of carbonyl (C=O) groups is 1. The largest absolute Gasteiger partial charge is 0.381 e. The normalized spacial score (nSPS) is 18.1. The third-order valence-electron chi connectivity index (χ3n) is 3.02. The van der Waals surface area contributed by atoms with Gasteiger partial charge in [-0.05, 0) is 36.6 Å². The number of nitrogens with one attached hydrogen (secondary N) is 1. The zero-order chi connectivity index (χ0) is 13.8. The van der Waals surface area contributed by atoms with Crippen molar-refractivity contribution < 1.29 is 14.6 Å². The van der Waals surface area contributed by atoms with E-state index < -0.39 is 12.0 Å². The first-order chi connectivity index (χ1) is 9.06. The van der Waals surface area contributed by atoms with Crippen LogP contribution in [0.15, 0.2) is 18.2 Å². The summed E-state index contributed by atoms with van der Waals surface area (Å²) in [5, 5.41) is 13.6. The Balaban J connectivity index is 2.01. The van der Waals surface area contributed by atoms with Gasteiger partial charge in [0.25, 0.3) is 5.91 Å². The van der Waals surface area contributed by atoms with Gasteiger partial charge in [-0.2, -0.15) is 0 Å². The smallest absolute Gasteiger partial charge is 0.253 e. The van der Waals surface area contributed by atoms with Crippen LogP contribution in [0, 0.1) is 0 Å². The molecule has 1 fully saturated rings. The Bertz CT molecular complexity index is 441. The maximum absolute atomic E-state index is 11.9. The molecule has 0 radical (unpaired) electrons. The summed E-state index contributed by atoms with van der Waals surface area (Å²) in [5.41, 5.74) is 0.391. The standard InChI is InChI=1S/C13H15Cl2NO3/c14-9-5-8(6-10(15)7-9)12(17)13(18)16-11-1-3-19-4-2-11/h5-7,11-12,17H,1-4H2,(H,16,18). The summed E-state index contributed by atoms with van der Waals surface area (Å²) in [4.78, 5) is 11.9. The summed E-state index contributed by atoms with van der Waals surface area (Å²) in [6.07, 6.45) is 0.253. The van der Waals surface area contributed by atoms with E-state index in [0.29, 0.717) is 28.8 Å². The number of amides is 1. The van der Waals surface area contributed by atoms with Gasteiger partial charge in [0.15, 0.2) is 6.10 Å². The van der Waals surface area contributed by atoms with Gasteiger partial charge in [-0.1, -0.05) is 23.2 Å². The van der Waals surface area contributed by atoms with Gasteiger partial charge < -0.3 is 15.2 Å². The molecule has 1 heterocycles. The van der Waals surface area contributed by atoms with Crippen LogP contribution in [-0.4, -0.2) is 30.3 Å². The Morgan fingerprint density at radius 1 is 1.26 bits per heavy atom. The molecule has 104 valence electrons. The summed E-state index contributed by atoms with van der Waals surface area (Å²) in [7, 11) is 0. The average Bonchev–Trinajstić information content (AvgIpc) is 2.37. The lowest BCUT2D eigenvalue weighted by atomic mass is 10.1. The molecule has 4 nitrogen and oxygen atoms in total. The number of rotatable bonds is 3. The molecule has 1 aliphatic rings. The number of hydrogen-bond acceptors (Lipinski definition) is 3. The quantitative estimate of drug-likeness (QED) is 0.901. The summed E-state index contributed by atoms with van der Waals surface area (Å²) in [5.74, 6) is -0.440. The lowest BCUT2D eigenvalue weighted by Gasteiger charge is -2.24. The van der Waals surface area contributed by atoms with Gasteiger partial charge in [-0.3, -0.25) is 4.79 Å². The van der Waals surface area contributed by atoms with E-state index in [0.717, 1.165) is 12.8 Å². The van der Waals surface area contributed by atoms with Crippen LogP contribution in [0.4, 0.5) is 0 Å². The first kappa shape index (κ1) is 14.6. The third kappa shape index (κ3) is 4.08. The van der Waals surface area contributed by atoms with Gasteiger partial charge in [0.05, 0.1) is 0 Å². The number of ether oxygens (including phenoxy) is 1. The van der Waals surface area contributed by atoms with Crippen molar-refractivity contribution in [3.05, 3.63) is 33.8 Å². The van der Waals surface area contributed by atoms with E-state index in [1.165, 1.54) is 12.1 Å². The Labute approximate surface area is 121 Å². The summed E-state index contributed by atoms with van der Waals surface area (Å²) >= 11 is 11.7. The minimum Gasteiger partial charge on any atom is -0.381 e. The van der Waals surface area contributed by atoms with Crippen molar-refractivity contribution >= 4 is 29.1 Å². The van der Waals surface area contributed by atoms with Crippen molar-refractivity contribution in [2.24, 2.45) is 0 Å². The van der Waals surface area contributed by atoms with Gasteiger partial charge in [0.1, 0.15) is 0 Å². The maximum Gasteiger partial charge on any atom is 0.253 e. The lowest BCUT2D eigenvalue weighted by Crippen LogP contribution is -2.41. The van der Waals surface area contributed by atoms with Gasteiger partial charge in [-0.15, -0.1) is 0 Å². The van der Waals surface area contributed by atoms with Crippen molar-refractivity contribution in [2.45, 2.75) is 25.0 Å². The van der Waals surface area contributed by atoms with Gasteiger partial charge in [0.2, 0.25) is 0 Å². The predicted molar refractivity (Wildman–Crippen MR) is 73.4 cm³/mol. The van der Waals surface area contributed by atoms with Crippen molar-refractivity contribution in [2.75, 3.05) is 13.2 Å². The zero-order valence-corrected chi connectivity index (χ0v) is 11.7. The molecule has 6 heteroatoms. The molecule has 19 heavy (non-hydrogen) atoms. The van der Waals surface area contributed by atoms with E-state index in [1.54, 1.807) is 6.07 Å². The van der Waals surface area contributed by atoms with Crippen LogP contribution in [0.2, 0.25) is 10.0 Å². The molecule has 1 unspecified atom stereocenters. The lowest BCUT2D eigenvalue weighted by molar-refractivity contribution is -0.131. The zero-order valence-electron chi connectivity index (χ0n) is 10.2. The summed E-state index contributed by atoms with van der Waals surface area (Å²) in [6.45, 7) is 1.26. The second-order valence-corrected chi connectivity index (χ2v) is 5.37. The van der Waals surface area contributed by atoms with Crippen LogP contribution in [0.3, 0.4) is 0 Å². The van der Waals surface area contributed by atoms with Crippen LogP contribution in [0.1, 0.15) is 24.5 Å². The first-order valence-corrected chi connectivity index (χ1v) is 6.84. The Morgan fingerprint density at radius 3 is 2.42 bits per heavy atom. The first-order valence-electron chi connectivity index (χ1n) is 6.08. The molecule has 2 rings (SSSR count). The Morgan fingerprint density at radius 2 is 1.84 bits per heavy atom. The highest BCUT2D eigenvalue weighted by molar-refractivity contribution is 6.34. The number of benzene rings is 1. The molecule has 0 spiro atoms. The van der Waals surface area contributed by atoms with Gasteiger partial charge in [0, 0.05) is 29.3 Å². The molecule has 0 aromatic heterocycles. The number of aliphatic hydroxyl groups excluding tert-OH is 1. The molecule has 1 saturated heterocycles. The summed E-state index contributed by atoms with van der Waals surface area (Å²) < 4.78 is 5.21. The van der Waals surface area contributed by atoms with Crippen molar-refractivity contribution in [3.8, 4) is 0 Å². The fourth-order valence-electron chi connectivity index (χ4n) is 2.01. The van der Waals surface area contributed by atoms with Crippen LogP contribution < -0.4 is 5.32 Å². The number of halogens is 2.